The largest absolute Gasteiger partial charge is 0.449 e. The molecule has 1 saturated carbocycles. The fourth-order valence-electron chi connectivity index (χ4n) is 5.36. The number of ether oxygens (including phenoxy) is 1. The maximum absolute atomic E-state index is 14.7. The molecule has 0 spiro atoms. The van der Waals surface area contributed by atoms with Crippen LogP contribution >= 0.6 is 11.6 Å². The number of anilines is 2. The number of benzene rings is 2. The molecule has 1 aliphatic carbocycles. The molecule has 3 aromatic rings. The number of carbonyl (C=O) groups is 3. The van der Waals surface area contributed by atoms with Crippen molar-refractivity contribution in [3.63, 3.8) is 0 Å². The molecule has 2 aromatic carbocycles. The van der Waals surface area contributed by atoms with Gasteiger partial charge in [-0.15, -0.1) is 0 Å². The van der Waals surface area contributed by atoms with Crippen LogP contribution in [0.4, 0.5) is 25.2 Å². The monoisotopic (exact) mass is 608 g/mol. The molecule has 1 N–H and O–H groups in total. The van der Waals surface area contributed by atoms with Gasteiger partial charge in [-0.2, -0.15) is 5.26 Å². The topological polar surface area (TPSA) is 129 Å². The van der Waals surface area contributed by atoms with Crippen LogP contribution in [0.5, 0.6) is 0 Å². The predicted octanol–water partition coefficient (Wildman–Crippen LogP) is 5.02. The summed E-state index contributed by atoms with van der Waals surface area (Å²) in [6.07, 6.45) is -0.672. The number of aromatic nitrogens is 2. The van der Waals surface area contributed by atoms with E-state index in [2.05, 4.69) is 15.3 Å². The summed E-state index contributed by atoms with van der Waals surface area (Å²) < 4.78 is 32.6. The second-order valence-electron chi connectivity index (χ2n) is 10.6. The first-order valence-corrected chi connectivity index (χ1v) is 13.9. The van der Waals surface area contributed by atoms with Crippen molar-refractivity contribution in [1.82, 2.24) is 15.3 Å². The summed E-state index contributed by atoms with van der Waals surface area (Å²) in [4.78, 5) is 52.2. The molecule has 0 radical (unpaired) electrons. The Hall–Kier alpha value is -4.63. The van der Waals surface area contributed by atoms with Crippen molar-refractivity contribution in [3.8, 4) is 6.07 Å². The third kappa shape index (κ3) is 6.27. The van der Waals surface area contributed by atoms with E-state index in [1.807, 2.05) is 26.0 Å². The van der Waals surface area contributed by atoms with E-state index in [-0.39, 0.29) is 35.3 Å². The SMILES string of the molecule is Cc1cc(C)cc(N(C(=O)[C@@H]2CCOC(=O)N2c2nccc(C#N)n2)[C@H](C(=O)NC2CC(F)(F)C2)c2ccccc2Cl)c1. The molecular formula is C30H27ClF2N6O4. The van der Waals surface area contributed by atoms with Crippen LogP contribution in [-0.2, 0) is 14.3 Å². The van der Waals surface area contributed by atoms with E-state index in [9.17, 15) is 28.4 Å². The Balaban J connectivity index is 1.65. The smallest absolute Gasteiger partial charge is 0.417 e. The van der Waals surface area contributed by atoms with Gasteiger partial charge in [0.25, 0.3) is 11.8 Å². The van der Waals surface area contributed by atoms with Crippen molar-refractivity contribution in [3.05, 3.63) is 82.1 Å². The van der Waals surface area contributed by atoms with Crippen molar-refractivity contribution >= 4 is 41.1 Å². The van der Waals surface area contributed by atoms with Crippen LogP contribution in [0.25, 0.3) is 0 Å². The quantitative estimate of drug-likeness (QED) is 0.399. The number of halogens is 3. The summed E-state index contributed by atoms with van der Waals surface area (Å²) in [7, 11) is 0. The Labute approximate surface area is 251 Å². The third-order valence-electron chi connectivity index (χ3n) is 7.25. The van der Waals surface area contributed by atoms with Crippen LogP contribution in [-0.4, -0.2) is 52.5 Å². The Morgan fingerprint density at radius 2 is 1.88 bits per heavy atom. The fraction of sp³-hybridized carbons (Fsp3) is 0.333. The van der Waals surface area contributed by atoms with Crippen LogP contribution in [0.2, 0.25) is 5.02 Å². The molecule has 2 aliphatic rings. The van der Waals surface area contributed by atoms with E-state index in [1.165, 1.54) is 17.2 Å². The Morgan fingerprint density at radius 1 is 1.19 bits per heavy atom. The molecule has 0 bridgehead atoms. The van der Waals surface area contributed by atoms with Crippen LogP contribution in [0, 0.1) is 25.2 Å². The van der Waals surface area contributed by atoms with Gasteiger partial charge in [0.15, 0.2) is 0 Å². The predicted molar refractivity (Wildman–Crippen MR) is 153 cm³/mol. The average Bonchev–Trinajstić information content (AvgIpc) is 2.94. The van der Waals surface area contributed by atoms with Gasteiger partial charge in [0.05, 0.1) is 6.61 Å². The Bertz CT molecular complexity index is 1600. The summed E-state index contributed by atoms with van der Waals surface area (Å²) in [6.45, 7) is 3.54. The van der Waals surface area contributed by atoms with E-state index in [0.717, 1.165) is 16.0 Å². The summed E-state index contributed by atoms with van der Waals surface area (Å²) in [5.74, 6) is -4.51. The highest BCUT2D eigenvalue weighted by molar-refractivity contribution is 6.31. The maximum Gasteiger partial charge on any atom is 0.417 e. The highest BCUT2D eigenvalue weighted by Crippen LogP contribution is 2.39. The van der Waals surface area contributed by atoms with Crippen molar-refractivity contribution in [2.45, 2.75) is 57.2 Å². The van der Waals surface area contributed by atoms with Crippen LogP contribution in [0.3, 0.4) is 0 Å². The molecule has 1 aliphatic heterocycles. The number of alkyl halides is 2. The molecule has 5 rings (SSSR count). The molecule has 222 valence electrons. The molecule has 13 heteroatoms. The van der Waals surface area contributed by atoms with Crippen LogP contribution in [0.15, 0.2) is 54.7 Å². The van der Waals surface area contributed by atoms with Gasteiger partial charge in [-0.05, 0) is 49.2 Å². The number of amides is 3. The number of hydrogen-bond donors (Lipinski definition) is 1. The summed E-state index contributed by atoms with van der Waals surface area (Å²) in [5, 5.41) is 12.2. The van der Waals surface area contributed by atoms with Gasteiger partial charge in [0.2, 0.25) is 11.9 Å². The van der Waals surface area contributed by atoms with Crippen molar-refractivity contribution in [1.29, 1.82) is 5.26 Å². The first-order valence-electron chi connectivity index (χ1n) is 13.5. The molecule has 2 heterocycles. The number of carbonyl (C=O) groups excluding carboxylic acids is 3. The summed E-state index contributed by atoms with van der Waals surface area (Å²) >= 11 is 6.59. The first kappa shape index (κ1) is 29.8. The molecule has 1 saturated heterocycles. The van der Waals surface area contributed by atoms with E-state index in [4.69, 9.17) is 16.3 Å². The summed E-state index contributed by atoms with van der Waals surface area (Å²) in [5.41, 5.74) is 2.12. The number of aryl methyl sites for hydroxylation is 2. The van der Waals surface area contributed by atoms with Gasteiger partial charge in [0, 0.05) is 47.8 Å². The average molecular weight is 609 g/mol. The lowest BCUT2D eigenvalue weighted by atomic mass is 9.87. The minimum absolute atomic E-state index is 0.0116. The Morgan fingerprint density at radius 3 is 2.53 bits per heavy atom. The first-order chi connectivity index (χ1) is 20.5. The zero-order valence-corrected chi connectivity index (χ0v) is 24.0. The number of nitriles is 1. The standard InChI is InChI=1S/C30H27ClF2N6O4/c1-17-11-18(2)13-21(12-17)38(25(22-5-3-4-6-23(22)31)26(40)36-20-14-30(32,33)15-20)27(41)24-8-10-43-29(42)39(24)28-35-9-7-19(16-34)37-28/h3-7,9,11-13,20,24-25H,8,10,14-15H2,1-2H3,(H,36,40)/t24-,25-/m0/s1. The second kappa shape index (κ2) is 11.9. The van der Waals surface area contributed by atoms with Gasteiger partial charge in [-0.25, -0.2) is 28.4 Å². The molecule has 10 nitrogen and oxygen atoms in total. The fourth-order valence-corrected chi connectivity index (χ4v) is 5.60. The number of nitrogens with zero attached hydrogens (tertiary/aromatic N) is 5. The molecule has 3 amide bonds. The molecular weight excluding hydrogens is 582 g/mol. The lowest BCUT2D eigenvalue weighted by Crippen LogP contribution is -2.59. The number of nitrogens with one attached hydrogen (secondary N) is 1. The van der Waals surface area contributed by atoms with Gasteiger partial charge < -0.3 is 10.1 Å². The maximum atomic E-state index is 14.7. The van der Waals surface area contributed by atoms with Gasteiger partial charge >= 0.3 is 6.09 Å². The lowest BCUT2D eigenvalue weighted by molar-refractivity contribution is -0.133. The van der Waals surface area contributed by atoms with Crippen LogP contribution in [0.1, 0.15) is 47.7 Å². The highest BCUT2D eigenvalue weighted by Gasteiger charge is 2.48. The molecule has 2 fully saturated rings. The Kier molecular flexibility index (Phi) is 8.28. The highest BCUT2D eigenvalue weighted by atomic mass is 35.5. The van der Waals surface area contributed by atoms with E-state index >= 15 is 0 Å². The van der Waals surface area contributed by atoms with Crippen molar-refractivity contribution in [2.24, 2.45) is 0 Å². The molecule has 43 heavy (non-hydrogen) atoms. The molecule has 1 aromatic heterocycles. The van der Waals surface area contributed by atoms with E-state index in [1.54, 1.807) is 36.4 Å². The minimum Gasteiger partial charge on any atom is -0.449 e. The van der Waals surface area contributed by atoms with Gasteiger partial charge in [0.1, 0.15) is 23.8 Å². The molecule has 0 unspecified atom stereocenters. The minimum atomic E-state index is -2.89. The van der Waals surface area contributed by atoms with Crippen molar-refractivity contribution < 1.29 is 27.9 Å². The zero-order valence-electron chi connectivity index (χ0n) is 23.3. The molecule has 2 atom stereocenters. The van der Waals surface area contributed by atoms with E-state index in [0.29, 0.717) is 5.69 Å². The van der Waals surface area contributed by atoms with Crippen LogP contribution < -0.4 is 15.1 Å². The summed E-state index contributed by atoms with van der Waals surface area (Å²) in [6, 6.07) is 11.5. The normalized spacial score (nSPS) is 18.6. The van der Waals surface area contributed by atoms with Gasteiger partial charge in [-0.1, -0.05) is 35.9 Å². The second-order valence-corrected chi connectivity index (χ2v) is 11.0. The third-order valence-corrected chi connectivity index (χ3v) is 7.59. The number of hydrogen-bond acceptors (Lipinski definition) is 7. The number of cyclic esters (lactones) is 1. The van der Waals surface area contributed by atoms with E-state index < -0.39 is 54.8 Å². The van der Waals surface area contributed by atoms with Gasteiger partial charge in [-0.3, -0.25) is 14.5 Å². The number of rotatable bonds is 7. The lowest BCUT2D eigenvalue weighted by Gasteiger charge is -2.40. The van der Waals surface area contributed by atoms with Crippen molar-refractivity contribution in [2.75, 3.05) is 16.4 Å². The zero-order chi connectivity index (χ0) is 30.9.